The van der Waals surface area contributed by atoms with Crippen molar-refractivity contribution in [3.63, 3.8) is 0 Å². The summed E-state index contributed by atoms with van der Waals surface area (Å²) in [6.45, 7) is 3.16. The van der Waals surface area contributed by atoms with Crippen LogP contribution in [0.25, 0.3) is 21.8 Å². The highest BCUT2D eigenvalue weighted by Crippen LogP contribution is 2.58. The number of aromatic amines is 1. The van der Waals surface area contributed by atoms with Crippen molar-refractivity contribution in [3.05, 3.63) is 53.5 Å². The highest BCUT2D eigenvalue weighted by atomic mass is 16.1. The van der Waals surface area contributed by atoms with Crippen molar-refractivity contribution in [1.82, 2.24) is 24.6 Å². The number of fused-ring (bicyclic) bond motifs is 2. The fourth-order valence-electron chi connectivity index (χ4n) is 5.22. The molecule has 4 aromatic rings. The fourth-order valence-corrected chi connectivity index (χ4v) is 5.22. The predicted octanol–water partition coefficient (Wildman–Crippen LogP) is 4.17. The largest absolute Gasteiger partial charge is 0.357 e. The summed E-state index contributed by atoms with van der Waals surface area (Å²) < 4.78 is 1.80. The van der Waals surface area contributed by atoms with E-state index in [0.29, 0.717) is 22.8 Å². The van der Waals surface area contributed by atoms with Gasteiger partial charge < -0.3 is 10.3 Å². The van der Waals surface area contributed by atoms with Gasteiger partial charge in [0, 0.05) is 47.9 Å². The smallest absolute Gasteiger partial charge is 0.256 e. The number of anilines is 1. The van der Waals surface area contributed by atoms with E-state index in [1.807, 2.05) is 44.4 Å². The standard InChI is InChI=1S/C24H26N6O/c1-14-17-5-4-15(9-20(17)30(3)28-14)23(31)27-22-10-18-16(12-25-22)8-19(26-18)21-11-24(6-7-24)13-29(21)2/h4-5,8-10,12,21,26H,6-7,11,13H2,1-3H3,(H,25,27,31)/t21-/m1/s1. The van der Waals surface area contributed by atoms with Crippen LogP contribution in [0.15, 0.2) is 36.5 Å². The van der Waals surface area contributed by atoms with E-state index in [0.717, 1.165) is 27.5 Å². The second-order valence-corrected chi connectivity index (χ2v) is 9.41. The van der Waals surface area contributed by atoms with Gasteiger partial charge in [-0.15, -0.1) is 0 Å². The van der Waals surface area contributed by atoms with Crippen LogP contribution in [0.5, 0.6) is 0 Å². The average molecular weight is 415 g/mol. The molecule has 1 aromatic carbocycles. The number of nitrogens with one attached hydrogen (secondary N) is 2. The molecule has 3 aromatic heterocycles. The van der Waals surface area contributed by atoms with Crippen LogP contribution in [0.1, 0.15) is 47.1 Å². The predicted molar refractivity (Wildman–Crippen MR) is 121 cm³/mol. The van der Waals surface area contributed by atoms with E-state index in [1.165, 1.54) is 31.5 Å². The van der Waals surface area contributed by atoms with Crippen LogP contribution in [-0.4, -0.2) is 44.1 Å². The molecule has 158 valence electrons. The minimum absolute atomic E-state index is 0.175. The third-order valence-corrected chi connectivity index (χ3v) is 7.12. The molecular formula is C24H26N6O. The van der Waals surface area contributed by atoms with Crippen LogP contribution in [0.2, 0.25) is 0 Å². The summed E-state index contributed by atoms with van der Waals surface area (Å²) in [4.78, 5) is 23.4. The number of hydrogen-bond donors (Lipinski definition) is 2. The molecule has 1 amide bonds. The molecule has 1 saturated heterocycles. The number of aromatic nitrogens is 4. The van der Waals surface area contributed by atoms with Gasteiger partial charge in [-0.25, -0.2) is 4.98 Å². The van der Waals surface area contributed by atoms with Gasteiger partial charge in [0.1, 0.15) is 5.82 Å². The molecule has 0 bridgehead atoms. The fraction of sp³-hybridized carbons (Fsp3) is 0.375. The van der Waals surface area contributed by atoms with E-state index in [1.54, 1.807) is 4.68 Å². The summed E-state index contributed by atoms with van der Waals surface area (Å²) >= 11 is 0. The van der Waals surface area contributed by atoms with E-state index in [9.17, 15) is 4.79 Å². The Kier molecular flexibility index (Phi) is 3.84. The third-order valence-electron chi connectivity index (χ3n) is 7.12. The summed E-state index contributed by atoms with van der Waals surface area (Å²) in [5, 5.41) is 9.50. The molecule has 2 aliphatic rings. The van der Waals surface area contributed by atoms with Crippen LogP contribution < -0.4 is 5.32 Å². The summed E-state index contributed by atoms with van der Waals surface area (Å²) in [5.74, 6) is 0.371. The number of hydrogen-bond acceptors (Lipinski definition) is 4. The van der Waals surface area contributed by atoms with E-state index in [2.05, 4.69) is 38.4 Å². The molecule has 1 saturated carbocycles. The number of benzene rings is 1. The number of carbonyl (C=O) groups excluding carboxylic acids is 1. The first-order chi connectivity index (χ1) is 14.9. The number of carbonyl (C=O) groups is 1. The van der Waals surface area contributed by atoms with Gasteiger partial charge in [-0.3, -0.25) is 14.4 Å². The van der Waals surface area contributed by atoms with Gasteiger partial charge in [-0.1, -0.05) is 6.07 Å². The van der Waals surface area contributed by atoms with Gasteiger partial charge in [-0.05, 0) is 56.8 Å². The quantitative estimate of drug-likeness (QED) is 0.527. The van der Waals surface area contributed by atoms with Gasteiger partial charge in [-0.2, -0.15) is 5.10 Å². The molecule has 1 atom stereocenters. The van der Waals surface area contributed by atoms with E-state index < -0.39 is 0 Å². The lowest BCUT2D eigenvalue weighted by atomic mass is 10.0. The molecule has 0 radical (unpaired) electrons. The first-order valence-electron chi connectivity index (χ1n) is 10.8. The molecule has 1 aliphatic heterocycles. The molecule has 2 N–H and O–H groups in total. The van der Waals surface area contributed by atoms with Crippen LogP contribution in [0.3, 0.4) is 0 Å². The summed E-state index contributed by atoms with van der Waals surface area (Å²) in [7, 11) is 4.11. The monoisotopic (exact) mass is 414 g/mol. The van der Waals surface area contributed by atoms with Crippen molar-refractivity contribution in [2.75, 3.05) is 18.9 Å². The van der Waals surface area contributed by atoms with Crippen molar-refractivity contribution in [3.8, 4) is 0 Å². The normalized spacial score (nSPS) is 20.2. The maximum absolute atomic E-state index is 12.9. The van der Waals surface area contributed by atoms with Crippen molar-refractivity contribution < 1.29 is 4.79 Å². The van der Waals surface area contributed by atoms with Gasteiger partial charge >= 0.3 is 0 Å². The van der Waals surface area contributed by atoms with Crippen LogP contribution >= 0.6 is 0 Å². The Morgan fingerprint density at radius 3 is 2.84 bits per heavy atom. The maximum Gasteiger partial charge on any atom is 0.256 e. The molecular weight excluding hydrogens is 388 g/mol. The number of nitrogens with zero attached hydrogens (tertiary/aromatic N) is 4. The summed E-state index contributed by atoms with van der Waals surface area (Å²) in [6.07, 6.45) is 5.77. The zero-order valence-corrected chi connectivity index (χ0v) is 18.1. The first kappa shape index (κ1) is 18.6. The molecule has 1 aliphatic carbocycles. The van der Waals surface area contributed by atoms with Crippen molar-refractivity contribution in [1.29, 1.82) is 0 Å². The molecule has 0 unspecified atom stereocenters. The molecule has 1 spiro atoms. The van der Waals surface area contributed by atoms with E-state index >= 15 is 0 Å². The topological polar surface area (TPSA) is 78.8 Å². The SMILES string of the molecule is Cc1nn(C)c2cc(C(=O)Nc3cc4[nH]c([C@H]5CC6(CC6)CN5C)cc4cn3)ccc12. The number of rotatable bonds is 3. The molecule has 31 heavy (non-hydrogen) atoms. The molecule has 6 rings (SSSR count). The first-order valence-corrected chi connectivity index (χ1v) is 10.8. The Bertz CT molecular complexity index is 1350. The minimum Gasteiger partial charge on any atom is -0.357 e. The molecule has 4 heterocycles. The minimum atomic E-state index is -0.175. The Balaban J connectivity index is 1.25. The third kappa shape index (κ3) is 3.03. The average Bonchev–Trinajstić information content (AvgIpc) is 3.09. The highest BCUT2D eigenvalue weighted by molar-refractivity contribution is 6.06. The number of aryl methyl sites for hydroxylation is 2. The molecule has 7 heteroatoms. The Hall–Kier alpha value is -3.19. The Labute approximate surface area is 180 Å². The number of pyridine rings is 1. The second kappa shape index (κ2) is 6.40. The van der Waals surface area contributed by atoms with E-state index in [4.69, 9.17) is 0 Å². The lowest BCUT2D eigenvalue weighted by Gasteiger charge is -2.17. The van der Waals surface area contributed by atoms with E-state index in [-0.39, 0.29) is 5.91 Å². The van der Waals surface area contributed by atoms with Gasteiger partial charge in [0.05, 0.1) is 22.8 Å². The zero-order chi connectivity index (χ0) is 21.3. The van der Waals surface area contributed by atoms with Crippen LogP contribution in [0, 0.1) is 12.3 Å². The van der Waals surface area contributed by atoms with Crippen LogP contribution in [-0.2, 0) is 7.05 Å². The number of H-pyrrole nitrogens is 1. The maximum atomic E-state index is 12.9. The number of likely N-dealkylation sites (tertiary alicyclic amines) is 1. The summed E-state index contributed by atoms with van der Waals surface area (Å²) in [6, 6.07) is 10.2. The van der Waals surface area contributed by atoms with Crippen molar-refractivity contribution in [2.45, 2.75) is 32.2 Å². The lowest BCUT2D eigenvalue weighted by Crippen LogP contribution is -2.18. The van der Waals surface area contributed by atoms with Crippen molar-refractivity contribution >= 4 is 33.5 Å². The summed E-state index contributed by atoms with van der Waals surface area (Å²) in [5.41, 5.74) is 5.29. The molecule has 2 fully saturated rings. The van der Waals surface area contributed by atoms with Gasteiger partial charge in [0.2, 0.25) is 0 Å². The number of amides is 1. The lowest BCUT2D eigenvalue weighted by molar-refractivity contribution is 0.102. The van der Waals surface area contributed by atoms with Crippen LogP contribution in [0.4, 0.5) is 5.82 Å². The second-order valence-electron chi connectivity index (χ2n) is 9.41. The Morgan fingerprint density at radius 1 is 1.23 bits per heavy atom. The highest BCUT2D eigenvalue weighted by Gasteiger charge is 2.51. The van der Waals surface area contributed by atoms with Crippen molar-refractivity contribution in [2.24, 2.45) is 12.5 Å². The Morgan fingerprint density at radius 2 is 2.06 bits per heavy atom. The molecule has 7 nitrogen and oxygen atoms in total. The zero-order valence-electron chi connectivity index (χ0n) is 18.1. The van der Waals surface area contributed by atoms with Gasteiger partial charge in [0.15, 0.2) is 0 Å². The van der Waals surface area contributed by atoms with Gasteiger partial charge in [0.25, 0.3) is 5.91 Å².